The number of benzene rings is 1. The van der Waals surface area contributed by atoms with Crippen LogP contribution in [0.25, 0.3) is 10.9 Å². The van der Waals surface area contributed by atoms with E-state index in [-0.39, 0.29) is 5.78 Å². The summed E-state index contributed by atoms with van der Waals surface area (Å²) in [6.07, 6.45) is 11.0. The normalized spacial score (nSPS) is 11.1. The Morgan fingerprint density at radius 2 is 1.81 bits per heavy atom. The number of aromatic nitrogens is 1. The molecule has 1 heterocycles. The molecule has 0 saturated carbocycles. The van der Waals surface area contributed by atoms with Gasteiger partial charge in [0, 0.05) is 34.1 Å². The largest absolute Gasteiger partial charge is 0.360 e. The highest BCUT2D eigenvalue weighted by molar-refractivity contribution is 6.31. The highest BCUT2D eigenvalue weighted by Gasteiger charge is 2.11. The average molecular weight is 306 g/mol. The van der Waals surface area contributed by atoms with Crippen LogP contribution in [0.4, 0.5) is 0 Å². The summed E-state index contributed by atoms with van der Waals surface area (Å²) in [4.78, 5) is 15.4. The molecule has 2 nitrogen and oxygen atoms in total. The molecular formula is C18H24ClNO. The van der Waals surface area contributed by atoms with Crippen LogP contribution in [0.5, 0.6) is 0 Å². The minimum atomic E-state index is 0.220. The van der Waals surface area contributed by atoms with E-state index in [1.807, 2.05) is 24.4 Å². The number of hydrogen-bond acceptors (Lipinski definition) is 1. The first kappa shape index (κ1) is 16.1. The minimum Gasteiger partial charge on any atom is -0.360 e. The Balaban J connectivity index is 1.81. The molecule has 0 atom stereocenters. The first-order chi connectivity index (χ1) is 10.2. The third kappa shape index (κ3) is 4.60. The van der Waals surface area contributed by atoms with Crippen molar-refractivity contribution in [2.24, 2.45) is 0 Å². The second-order valence-corrected chi connectivity index (χ2v) is 6.12. The summed E-state index contributed by atoms with van der Waals surface area (Å²) in [6, 6.07) is 5.62. The zero-order valence-electron chi connectivity index (χ0n) is 12.8. The van der Waals surface area contributed by atoms with Crippen LogP contribution in [0.3, 0.4) is 0 Å². The van der Waals surface area contributed by atoms with E-state index in [1.54, 1.807) is 0 Å². The number of Topliss-reactive ketones (excluding diaryl/α,β-unsaturated/α-hetero) is 1. The van der Waals surface area contributed by atoms with Crippen molar-refractivity contribution in [3.8, 4) is 0 Å². The number of carbonyl (C=O) groups is 1. The Labute approximate surface area is 131 Å². The summed E-state index contributed by atoms with van der Waals surface area (Å²) in [5, 5.41) is 1.61. The van der Waals surface area contributed by atoms with Gasteiger partial charge in [-0.1, -0.05) is 57.0 Å². The predicted molar refractivity (Wildman–Crippen MR) is 90.2 cm³/mol. The number of carbonyl (C=O) groups excluding carboxylic acids is 1. The maximum atomic E-state index is 12.3. The fourth-order valence-electron chi connectivity index (χ4n) is 2.70. The average Bonchev–Trinajstić information content (AvgIpc) is 2.89. The predicted octanol–water partition coefficient (Wildman–Crippen LogP) is 6.14. The van der Waals surface area contributed by atoms with Crippen LogP contribution in [0.1, 0.15) is 68.6 Å². The van der Waals surface area contributed by atoms with Gasteiger partial charge in [-0.3, -0.25) is 4.79 Å². The Bertz CT molecular complexity index is 588. The Morgan fingerprint density at radius 1 is 1.10 bits per heavy atom. The third-order valence-corrected chi connectivity index (χ3v) is 4.19. The van der Waals surface area contributed by atoms with E-state index in [0.29, 0.717) is 11.4 Å². The SMILES string of the molecule is CCCCCCCCCC(=O)c1c[nH]c2ccc(Cl)cc12. The Morgan fingerprint density at radius 3 is 2.57 bits per heavy atom. The van der Waals surface area contributed by atoms with E-state index in [4.69, 9.17) is 11.6 Å². The summed E-state index contributed by atoms with van der Waals surface area (Å²) in [5.74, 6) is 0.220. The number of rotatable bonds is 9. The molecule has 0 radical (unpaired) electrons. The van der Waals surface area contributed by atoms with Crippen molar-refractivity contribution in [2.45, 2.75) is 58.3 Å². The van der Waals surface area contributed by atoms with Crippen LogP contribution >= 0.6 is 11.6 Å². The third-order valence-electron chi connectivity index (χ3n) is 3.95. The molecule has 0 saturated heterocycles. The zero-order chi connectivity index (χ0) is 15.1. The fraction of sp³-hybridized carbons (Fsp3) is 0.500. The van der Waals surface area contributed by atoms with Crippen LogP contribution in [0.15, 0.2) is 24.4 Å². The maximum Gasteiger partial charge on any atom is 0.165 e. The highest BCUT2D eigenvalue weighted by Crippen LogP contribution is 2.24. The van der Waals surface area contributed by atoms with Crippen molar-refractivity contribution in [3.63, 3.8) is 0 Å². The molecule has 114 valence electrons. The lowest BCUT2D eigenvalue weighted by molar-refractivity contribution is 0.0980. The second-order valence-electron chi connectivity index (χ2n) is 5.69. The smallest absolute Gasteiger partial charge is 0.165 e. The number of aromatic amines is 1. The summed E-state index contributed by atoms with van der Waals surface area (Å²) >= 11 is 6.01. The Hall–Kier alpha value is -1.28. The minimum absolute atomic E-state index is 0.220. The summed E-state index contributed by atoms with van der Waals surface area (Å²) in [5.41, 5.74) is 1.75. The molecule has 1 aromatic heterocycles. The van der Waals surface area contributed by atoms with E-state index in [2.05, 4.69) is 11.9 Å². The number of unbranched alkanes of at least 4 members (excludes halogenated alkanes) is 6. The molecule has 0 aliphatic carbocycles. The lowest BCUT2D eigenvalue weighted by Gasteiger charge is -2.01. The number of halogens is 1. The molecule has 0 amide bonds. The number of nitrogens with one attached hydrogen (secondary N) is 1. The van der Waals surface area contributed by atoms with Gasteiger partial charge in [0.15, 0.2) is 5.78 Å². The second kappa shape index (κ2) is 8.23. The zero-order valence-corrected chi connectivity index (χ0v) is 13.5. The van der Waals surface area contributed by atoms with Gasteiger partial charge in [-0.25, -0.2) is 0 Å². The number of fused-ring (bicyclic) bond motifs is 1. The monoisotopic (exact) mass is 305 g/mol. The van der Waals surface area contributed by atoms with Gasteiger partial charge in [0.2, 0.25) is 0 Å². The van der Waals surface area contributed by atoms with Gasteiger partial charge < -0.3 is 4.98 Å². The van der Waals surface area contributed by atoms with E-state index < -0.39 is 0 Å². The molecule has 0 spiro atoms. The van der Waals surface area contributed by atoms with Crippen molar-refractivity contribution < 1.29 is 4.79 Å². The van der Waals surface area contributed by atoms with E-state index in [1.165, 1.54) is 32.1 Å². The Kier molecular flexibility index (Phi) is 6.31. The quantitative estimate of drug-likeness (QED) is 0.437. The van der Waals surface area contributed by atoms with Crippen molar-refractivity contribution in [2.75, 3.05) is 0 Å². The van der Waals surface area contributed by atoms with Gasteiger partial charge in [0.25, 0.3) is 0 Å². The lowest BCUT2D eigenvalue weighted by Crippen LogP contribution is -1.97. The van der Waals surface area contributed by atoms with Crippen LogP contribution in [0.2, 0.25) is 5.02 Å². The molecule has 0 fully saturated rings. The van der Waals surface area contributed by atoms with Crippen LogP contribution in [-0.4, -0.2) is 10.8 Å². The van der Waals surface area contributed by atoms with Gasteiger partial charge >= 0.3 is 0 Å². The van der Waals surface area contributed by atoms with Gasteiger partial charge in [-0.15, -0.1) is 0 Å². The van der Waals surface area contributed by atoms with Crippen molar-refractivity contribution >= 4 is 28.3 Å². The topological polar surface area (TPSA) is 32.9 Å². The fourth-order valence-corrected chi connectivity index (χ4v) is 2.87. The molecule has 3 heteroatoms. The van der Waals surface area contributed by atoms with E-state index in [9.17, 15) is 4.79 Å². The summed E-state index contributed by atoms with van der Waals surface area (Å²) in [7, 11) is 0. The highest BCUT2D eigenvalue weighted by atomic mass is 35.5. The molecular weight excluding hydrogens is 282 g/mol. The van der Waals surface area contributed by atoms with Gasteiger partial charge in [-0.2, -0.15) is 0 Å². The molecule has 2 rings (SSSR count). The van der Waals surface area contributed by atoms with E-state index >= 15 is 0 Å². The number of H-pyrrole nitrogens is 1. The molecule has 1 aromatic carbocycles. The molecule has 2 aromatic rings. The lowest BCUT2D eigenvalue weighted by atomic mass is 10.0. The van der Waals surface area contributed by atoms with Crippen LogP contribution in [-0.2, 0) is 0 Å². The van der Waals surface area contributed by atoms with Crippen molar-refractivity contribution in [3.05, 3.63) is 35.0 Å². The first-order valence-electron chi connectivity index (χ1n) is 8.02. The summed E-state index contributed by atoms with van der Waals surface area (Å²) in [6.45, 7) is 2.23. The molecule has 0 aliphatic heterocycles. The standard InChI is InChI=1S/C18H24ClNO/c1-2-3-4-5-6-7-8-9-18(21)16-13-20-17-11-10-14(19)12-15(16)17/h10-13,20H,2-9H2,1H3. The van der Waals surface area contributed by atoms with Crippen LogP contribution in [0, 0.1) is 0 Å². The molecule has 1 N–H and O–H groups in total. The number of hydrogen-bond donors (Lipinski definition) is 1. The molecule has 0 unspecified atom stereocenters. The van der Waals surface area contributed by atoms with Crippen molar-refractivity contribution in [1.82, 2.24) is 4.98 Å². The van der Waals surface area contributed by atoms with Gasteiger partial charge in [-0.05, 0) is 24.6 Å². The van der Waals surface area contributed by atoms with Gasteiger partial charge in [0.1, 0.15) is 0 Å². The first-order valence-corrected chi connectivity index (χ1v) is 8.40. The van der Waals surface area contributed by atoms with Crippen LogP contribution < -0.4 is 0 Å². The van der Waals surface area contributed by atoms with E-state index in [0.717, 1.165) is 29.3 Å². The van der Waals surface area contributed by atoms with Gasteiger partial charge in [0.05, 0.1) is 0 Å². The molecule has 21 heavy (non-hydrogen) atoms. The molecule has 0 bridgehead atoms. The maximum absolute atomic E-state index is 12.3. The number of ketones is 1. The molecule has 0 aliphatic rings. The summed E-state index contributed by atoms with van der Waals surface area (Å²) < 4.78 is 0. The van der Waals surface area contributed by atoms with Crippen molar-refractivity contribution in [1.29, 1.82) is 0 Å².